The van der Waals surface area contributed by atoms with Crippen molar-refractivity contribution in [3.8, 4) is 0 Å². The zero-order valence-corrected chi connectivity index (χ0v) is 13.2. The SMILES string of the molecule is CS(=O)(=O)C1CSCCN1C(=O)Cn1cc(N)ccc1=O. The van der Waals surface area contributed by atoms with Crippen LogP contribution in [0, 0.1) is 0 Å². The lowest BCUT2D eigenvalue weighted by Crippen LogP contribution is -2.51. The van der Waals surface area contributed by atoms with Crippen LogP contribution in [0.1, 0.15) is 0 Å². The van der Waals surface area contributed by atoms with Gasteiger partial charge >= 0.3 is 0 Å². The third-order valence-electron chi connectivity index (χ3n) is 3.21. The Morgan fingerprint density at radius 2 is 2.19 bits per heavy atom. The number of thioether (sulfide) groups is 1. The summed E-state index contributed by atoms with van der Waals surface area (Å²) in [7, 11) is -3.36. The molecule has 2 N–H and O–H groups in total. The summed E-state index contributed by atoms with van der Waals surface area (Å²) < 4.78 is 24.8. The van der Waals surface area contributed by atoms with Crippen LogP contribution in [-0.2, 0) is 21.2 Å². The zero-order valence-electron chi connectivity index (χ0n) is 11.6. The molecule has 7 nitrogen and oxygen atoms in total. The molecular formula is C12H17N3O4S2. The number of amides is 1. The van der Waals surface area contributed by atoms with E-state index in [4.69, 9.17) is 5.73 Å². The van der Waals surface area contributed by atoms with Crippen LogP contribution in [0.25, 0.3) is 0 Å². The fourth-order valence-electron chi connectivity index (χ4n) is 2.13. The van der Waals surface area contributed by atoms with Gasteiger partial charge in [0.1, 0.15) is 11.9 Å². The fraction of sp³-hybridized carbons (Fsp3) is 0.500. The van der Waals surface area contributed by atoms with Crippen LogP contribution >= 0.6 is 11.8 Å². The van der Waals surface area contributed by atoms with Gasteiger partial charge in [0.15, 0.2) is 9.84 Å². The average Bonchev–Trinajstić information content (AvgIpc) is 2.42. The van der Waals surface area contributed by atoms with Crippen molar-refractivity contribution >= 4 is 33.2 Å². The lowest BCUT2D eigenvalue weighted by molar-refractivity contribution is -0.132. The third kappa shape index (κ3) is 3.79. The van der Waals surface area contributed by atoms with Gasteiger partial charge in [-0.25, -0.2) is 8.42 Å². The minimum absolute atomic E-state index is 0.208. The number of nitrogen functional groups attached to an aromatic ring is 1. The lowest BCUT2D eigenvalue weighted by atomic mass is 10.4. The van der Waals surface area contributed by atoms with Crippen molar-refractivity contribution in [2.24, 2.45) is 0 Å². The molecule has 0 radical (unpaired) electrons. The van der Waals surface area contributed by atoms with E-state index in [1.165, 1.54) is 39.6 Å². The highest BCUT2D eigenvalue weighted by atomic mass is 32.2. The molecule has 0 saturated carbocycles. The predicted octanol–water partition coefficient (Wildman–Crippen LogP) is -0.623. The van der Waals surface area contributed by atoms with Gasteiger partial charge in [-0.2, -0.15) is 11.8 Å². The molecular weight excluding hydrogens is 314 g/mol. The van der Waals surface area contributed by atoms with E-state index in [0.29, 0.717) is 23.7 Å². The maximum absolute atomic E-state index is 12.3. The number of pyridine rings is 1. The summed E-state index contributed by atoms with van der Waals surface area (Å²) in [6.07, 6.45) is 2.50. The van der Waals surface area contributed by atoms with Gasteiger partial charge in [-0.15, -0.1) is 0 Å². The van der Waals surface area contributed by atoms with E-state index in [2.05, 4.69) is 0 Å². The lowest BCUT2D eigenvalue weighted by Gasteiger charge is -2.34. The zero-order chi connectivity index (χ0) is 15.6. The first kappa shape index (κ1) is 15.9. The smallest absolute Gasteiger partial charge is 0.251 e. The molecule has 1 aliphatic rings. The van der Waals surface area contributed by atoms with E-state index in [0.717, 1.165) is 6.26 Å². The fourth-order valence-corrected chi connectivity index (χ4v) is 4.97. The van der Waals surface area contributed by atoms with Gasteiger partial charge in [0.25, 0.3) is 5.56 Å². The Hall–Kier alpha value is -1.48. The second-order valence-corrected chi connectivity index (χ2v) is 8.23. The molecule has 1 aromatic heterocycles. The normalized spacial score (nSPS) is 19.5. The predicted molar refractivity (Wildman–Crippen MR) is 82.8 cm³/mol. The van der Waals surface area contributed by atoms with Crippen molar-refractivity contribution in [3.05, 3.63) is 28.7 Å². The summed E-state index contributed by atoms with van der Waals surface area (Å²) in [5, 5.41) is -0.833. The van der Waals surface area contributed by atoms with Crippen LogP contribution in [-0.4, -0.2) is 53.5 Å². The number of carbonyl (C=O) groups is 1. The Balaban J connectivity index is 2.22. The summed E-state index contributed by atoms with van der Waals surface area (Å²) in [4.78, 5) is 25.4. The van der Waals surface area contributed by atoms with E-state index in [1.54, 1.807) is 0 Å². The number of hydrogen-bond donors (Lipinski definition) is 1. The first-order valence-electron chi connectivity index (χ1n) is 6.31. The summed E-state index contributed by atoms with van der Waals surface area (Å²) in [6, 6.07) is 2.74. The monoisotopic (exact) mass is 331 g/mol. The molecule has 0 bridgehead atoms. The molecule has 1 amide bonds. The first-order valence-corrected chi connectivity index (χ1v) is 9.42. The summed E-state index contributed by atoms with van der Waals surface area (Å²) >= 11 is 1.50. The van der Waals surface area contributed by atoms with Gasteiger partial charge in [-0.3, -0.25) is 9.59 Å². The number of hydrogen-bond acceptors (Lipinski definition) is 6. The number of sulfone groups is 1. The Labute approximate surface area is 127 Å². The highest BCUT2D eigenvalue weighted by Crippen LogP contribution is 2.20. The van der Waals surface area contributed by atoms with Gasteiger partial charge in [0, 0.05) is 42.3 Å². The van der Waals surface area contributed by atoms with E-state index in [9.17, 15) is 18.0 Å². The molecule has 0 spiro atoms. The minimum Gasteiger partial charge on any atom is -0.398 e. The molecule has 1 aliphatic heterocycles. The minimum atomic E-state index is -3.36. The van der Waals surface area contributed by atoms with Crippen LogP contribution in [0.15, 0.2) is 23.1 Å². The van der Waals surface area contributed by atoms with Crippen molar-refractivity contribution in [3.63, 3.8) is 0 Å². The summed E-state index contributed by atoms with van der Waals surface area (Å²) in [5.74, 6) is 0.651. The van der Waals surface area contributed by atoms with Gasteiger partial charge in [-0.1, -0.05) is 0 Å². The van der Waals surface area contributed by atoms with Gasteiger partial charge in [0.05, 0.1) is 0 Å². The number of nitrogens with zero attached hydrogens (tertiary/aromatic N) is 2. The van der Waals surface area contributed by atoms with Crippen molar-refractivity contribution in [2.75, 3.05) is 30.0 Å². The molecule has 1 atom stereocenters. The van der Waals surface area contributed by atoms with Crippen molar-refractivity contribution in [1.29, 1.82) is 0 Å². The molecule has 21 heavy (non-hydrogen) atoms. The molecule has 2 heterocycles. The van der Waals surface area contributed by atoms with Gasteiger partial charge < -0.3 is 15.2 Å². The topological polar surface area (TPSA) is 102 Å². The summed E-state index contributed by atoms with van der Waals surface area (Å²) in [5.41, 5.74) is 5.62. The van der Waals surface area contributed by atoms with Crippen LogP contribution in [0.4, 0.5) is 5.69 Å². The number of anilines is 1. The highest BCUT2D eigenvalue weighted by Gasteiger charge is 2.34. The van der Waals surface area contributed by atoms with Crippen molar-refractivity contribution in [1.82, 2.24) is 9.47 Å². The highest BCUT2D eigenvalue weighted by molar-refractivity contribution is 8.00. The van der Waals surface area contributed by atoms with Crippen LogP contribution in [0.3, 0.4) is 0 Å². The largest absolute Gasteiger partial charge is 0.398 e. The molecule has 1 fully saturated rings. The molecule has 9 heteroatoms. The maximum Gasteiger partial charge on any atom is 0.251 e. The number of aromatic nitrogens is 1. The molecule has 2 rings (SSSR count). The van der Waals surface area contributed by atoms with Crippen LogP contribution in [0.5, 0.6) is 0 Å². The Kier molecular flexibility index (Phi) is 4.62. The molecule has 116 valence electrons. The second kappa shape index (κ2) is 6.10. The van der Waals surface area contributed by atoms with Crippen LogP contribution < -0.4 is 11.3 Å². The average molecular weight is 331 g/mol. The van der Waals surface area contributed by atoms with E-state index < -0.39 is 21.1 Å². The molecule has 1 aromatic rings. The number of rotatable bonds is 3. The summed E-state index contributed by atoms with van der Waals surface area (Å²) in [6.45, 7) is 0.152. The van der Waals surface area contributed by atoms with Crippen molar-refractivity contribution < 1.29 is 13.2 Å². The quantitative estimate of drug-likeness (QED) is 0.792. The van der Waals surface area contributed by atoms with E-state index >= 15 is 0 Å². The Morgan fingerprint density at radius 3 is 2.86 bits per heavy atom. The second-order valence-electron chi connectivity index (χ2n) is 4.87. The van der Waals surface area contributed by atoms with E-state index in [1.807, 2.05) is 0 Å². The number of nitrogens with two attached hydrogens (primary N) is 1. The molecule has 1 saturated heterocycles. The standard InChI is InChI=1S/C12H17N3O4S2/c1-21(18,19)12-8-20-5-4-15(12)11(17)7-14-6-9(13)2-3-10(14)16/h2-3,6,12H,4-5,7-8,13H2,1H3. The van der Waals surface area contributed by atoms with Gasteiger partial charge in [0.2, 0.25) is 5.91 Å². The Bertz CT molecular complexity index is 699. The molecule has 0 aromatic carbocycles. The Morgan fingerprint density at radius 1 is 1.48 bits per heavy atom. The molecule has 1 unspecified atom stereocenters. The van der Waals surface area contributed by atoms with Crippen LogP contribution in [0.2, 0.25) is 0 Å². The maximum atomic E-state index is 12.3. The molecule has 0 aliphatic carbocycles. The van der Waals surface area contributed by atoms with Crippen molar-refractivity contribution in [2.45, 2.75) is 11.9 Å². The third-order valence-corrected chi connectivity index (χ3v) is 5.85. The van der Waals surface area contributed by atoms with E-state index in [-0.39, 0.29) is 12.1 Å². The number of carbonyl (C=O) groups excluding carboxylic acids is 1. The van der Waals surface area contributed by atoms with Gasteiger partial charge in [-0.05, 0) is 6.07 Å². The first-order chi connectivity index (χ1) is 9.79.